The van der Waals surface area contributed by atoms with E-state index in [0.717, 1.165) is 9.35 Å². The molecule has 3 rings (SSSR count). The van der Waals surface area contributed by atoms with Crippen molar-refractivity contribution in [1.82, 2.24) is 19.5 Å². The number of aromatic nitrogens is 4. The molecule has 0 saturated carbocycles. The van der Waals surface area contributed by atoms with Gasteiger partial charge in [0.1, 0.15) is 13.3 Å². The zero-order valence-corrected chi connectivity index (χ0v) is 14.2. The van der Waals surface area contributed by atoms with Crippen molar-refractivity contribution in [1.29, 1.82) is 0 Å². The van der Waals surface area contributed by atoms with Crippen molar-refractivity contribution in [3.8, 4) is 5.88 Å². The molecule has 0 aliphatic carbocycles. The molecule has 0 aliphatic heterocycles. The van der Waals surface area contributed by atoms with Gasteiger partial charge in [-0.1, -0.05) is 0 Å². The number of nitrogen functional groups attached to an aromatic ring is 1. The number of thiophene rings is 1. The molecule has 3 aromatic heterocycles. The van der Waals surface area contributed by atoms with Crippen LogP contribution in [0.5, 0.6) is 5.88 Å². The number of nitrogens with two attached hydrogens (primary N) is 1. The predicted molar refractivity (Wildman–Crippen MR) is 87.7 cm³/mol. The fourth-order valence-electron chi connectivity index (χ4n) is 1.89. The van der Waals surface area contributed by atoms with Crippen LogP contribution < -0.4 is 10.5 Å². The van der Waals surface area contributed by atoms with E-state index in [-0.39, 0.29) is 5.95 Å². The number of nitrogens with zero attached hydrogens (tertiary/aromatic N) is 4. The molecule has 7 nitrogen and oxygen atoms in total. The summed E-state index contributed by atoms with van der Waals surface area (Å²) in [4.78, 5) is 13.7. The molecular formula is C13H14BrN5O2S. The number of hydrogen-bond acceptors (Lipinski definition) is 7. The fourth-order valence-corrected chi connectivity index (χ4v) is 3.25. The van der Waals surface area contributed by atoms with Gasteiger partial charge in [-0.25, -0.2) is 4.98 Å². The second-order valence-electron chi connectivity index (χ2n) is 4.42. The smallest absolute Gasteiger partial charge is 0.247 e. The third-order valence-electron chi connectivity index (χ3n) is 2.86. The minimum absolute atomic E-state index is 0.146. The Labute approximate surface area is 139 Å². The van der Waals surface area contributed by atoms with Gasteiger partial charge in [-0.15, -0.1) is 11.3 Å². The molecule has 0 radical (unpaired) electrons. The average Bonchev–Trinajstić information content (AvgIpc) is 3.09. The van der Waals surface area contributed by atoms with Gasteiger partial charge in [-0.3, -0.25) is 4.57 Å². The standard InChI is InChI=1S/C13H14BrN5O2S/c1-2-20-7-19-6-16-10-11(19)17-13(15)18-12(10)21-4-9-3-8(14)5-22-9/h3,5-6H,2,4,7H2,1H3,(H2,15,17,18). The molecule has 2 N–H and O–H groups in total. The fraction of sp³-hybridized carbons (Fsp3) is 0.308. The molecule has 0 fully saturated rings. The molecule has 0 spiro atoms. The van der Waals surface area contributed by atoms with Crippen LogP contribution in [0, 0.1) is 0 Å². The van der Waals surface area contributed by atoms with E-state index in [2.05, 4.69) is 30.9 Å². The third kappa shape index (κ3) is 3.21. The monoisotopic (exact) mass is 383 g/mol. The summed E-state index contributed by atoms with van der Waals surface area (Å²) >= 11 is 5.02. The second-order valence-corrected chi connectivity index (χ2v) is 6.33. The maximum atomic E-state index is 5.77. The summed E-state index contributed by atoms with van der Waals surface area (Å²) in [5, 5.41) is 2.00. The average molecular weight is 384 g/mol. The molecule has 0 unspecified atom stereocenters. The predicted octanol–water partition coefficient (Wildman–Crippen LogP) is 2.81. The Morgan fingerprint density at radius 3 is 3.00 bits per heavy atom. The summed E-state index contributed by atoms with van der Waals surface area (Å²) in [6.07, 6.45) is 1.64. The molecule has 0 atom stereocenters. The normalized spacial score (nSPS) is 11.2. The van der Waals surface area contributed by atoms with Gasteiger partial charge in [0, 0.05) is 21.3 Å². The van der Waals surface area contributed by atoms with Crippen LogP contribution in [0.1, 0.15) is 11.8 Å². The Hall–Kier alpha value is -1.71. The Kier molecular flexibility index (Phi) is 4.55. The van der Waals surface area contributed by atoms with Crippen molar-refractivity contribution < 1.29 is 9.47 Å². The number of fused-ring (bicyclic) bond motifs is 1. The lowest BCUT2D eigenvalue weighted by Crippen LogP contribution is -2.05. The zero-order valence-electron chi connectivity index (χ0n) is 11.8. The van der Waals surface area contributed by atoms with Crippen molar-refractivity contribution in [2.45, 2.75) is 20.3 Å². The lowest BCUT2D eigenvalue weighted by Gasteiger charge is -2.06. The van der Waals surface area contributed by atoms with Crippen LogP contribution in [0.4, 0.5) is 5.95 Å². The quantitative estimate of drug-likeness (QED) is 0.703. The molecule has 0 bridgehead atoms. The van der Waals surface area contributed by atoms with Gasteiger partial charge in [-0.05, 0) is 28.9 Å². The van der Waals surface area contributed by atoms with Gasteiger partial charge in [0.2, 0.25) is 11.8 Å². The molecule has 3 heterocycles. The van der Waals surface area contributed by atoms with Crippen LogP contribution in [0.3, 0.4) is 0 Å². The Morgan fingerprint density at radius 1 is 1.41 bits per heavy atom. The van der Waals surface area contributed by atoms with E-state index in [1.165, 1.54) is 0 Å². The minimum Gasteiger partial charge on any atom is -0.470 e. The molecule has 3 aromatic rings. The highest BCUT2D eigenvalue weighted by Gasteiger charge is 2.14. The lowest BCUT2D eigenvalue weighted by molar-refractivity contribution is 0.0901. The highest BCUT2D eigenvalue weighted by molar-refractivity contribution is 9.10. The van der Waals surface area contributed by atoms with Gasteiger partial charge >= 0.3 is 0 Å². The van der Waals surface area contributed by atoms with Gasteiger partial charge in [0.25, 0.3) is 0 Å². The Balaban J connectivity index is 1.86. The largest absolute Gasteiger partial charge is 0.470 e. The van der Waals surface area contributed by atoms with E-state index in [9.17, 15) is 0 Å². The Bertz CT molecular complexity index is 788. The van der Waals surface area contributed by atoms with E-state index in [4.69, 9.17) is 15.2 Å². The maximum Gasteiger partial charge on any atom is 0.247 e. The number of imidazole rings is 1. The number of hydrogen-bond donors (Lipinski definition) is 1. The first kappa shape index (κ1) is 15.2. The molecular weight excluding hydrogens is 370 g/mol. The summed E-state index contributed by atoms with van der Waals surface area (Å²) in [6, 6.07) is 2.00. The van der Waals surface area contributed by atoms with Crippen molar-refractivity contribution in [2.75, 3.05) is 12.3 Å². The highest BCUT2D eigenvalue weighted by atomic mass is 79.9. The summed E-state index contributed by atoms with van der Waals surface area (Å²) in [5.74, 6) is 0.523. The topological polar surface area (TPSA) is 88.1 Å². The second kappa shape index (κ2) is 6.59. The summed E-state index contributed by atoms with van der Waals surface area (Å²) in [6.45, 7) is 3.30. The number of rotatable bonds is 6. The summed E-state index contributed by atoms with van der Waals surface area (Å²) in [5.41, 5.74) is 6.94. The zero-order chi connectivity index (χ0) is 15.5. The number of anilines is 1. The number of halogens is 1. The maximum absolute atomic E-state index is 5.77. The SMILES string of the molecule is CCOCn1cnc2c(OCc3cc(Br)cs3)nc(N)nc21. The lowest BCUT2D eigenvalue weighted by atomic mass is 10.5. The minimum atomic E-state index is 0.146. The van der Waals surface area contributed by atoms with E-state index in [0.29, 0.717) is 37.0 Å². The first-order valence-electron chi connectivity index (χ1n) is 6.59. The molecule has 22 heavy (non-hydrogen) atoms. The van der Waals surface area contributed by atoms with Crippen molar-refractivity contribution in [3.63, 3.8) is 0 Å². The van der Waals surface area contributed by atoms with Crippen molar-refractivity contribution in [2.24, 2.45) is 0 Å². The third-order valence-corrected chi connectivity index (χ3v) is 4.53. The van der Waals surface area contributed by atoms with E-state index in [1.54, 1.807) is 22.2 Å². The summed E-state index contributed by atoms with van der Waals surface area (Å²) in [7, 11) is 0. The van der Waals surface area contributed by atoms with Crippen molar-refractivity contribution in [3.05, 3.63) is 27.1 Å². The van der Waals surface area contributed by atoms with E-state index < -0.39 is 0 Å². The molecule has 9 heteroatoms. The van der Waals surface area contributed by atoms with Crippen LogP contribution in [0.15, 0.2) is 22.2 Å². The van der Waals surface area contributed by atoms with Gasteiger partial charge < -0.3 is 15.2 Å². The van der Waals surface area contributed by atoms with Gasteiger partial charge in [0.15, 0.2) is 11.2 Å². The Morgan fingerprint density at radius 2 is 2.27 bits per heavy atom. The van der Waals surface area contributed by atoms with Gasteiger partial charge in [0.05, 0.1) is 6.33 Å². The van der Waals surface area contributed by atoms with Crippen LogP contribution in [0.25, 0.3) is 11.2 Å². The molecule has 0 saturated heterocycles. The van der Waals surface area contributed by atoms with Gasteiger partial charge in [-0.2, -0.15) is 9.97 Å². The first-order valence-corrected chi connectivity index (χ1v) is 8.26. The van der Waals surface area contributed by atoms with E-state index >= 15 is 0 Å². The number of ether oxygens (including phenoxy) is 2. The summed E-state index contributed by atoms with van der Waals surface area (Å²) < 4.78 is 13.9. The molecule has 116 valence electrons. The van der Waals surface area contributed by atoms with Crippen LogP contribution in [0.2, 0.25) is 0 Å². The van der Waals surface area contributed by atoms with E-state index in [1.807, 2.05) is 18.4 Å². The van der Waals surface area contributed by atoms with Crippen LogP contribution >= 0.6 is 27.3 Å². The van der Waals surface area contributed by atoms with Crippen LogP contribution in [-0.2, 0) is 18.1 Å². The molecule has 0 aliphatic rings. The molecule has 0 amide bonds. The first-order chi connectivity index (χ1) is 10.7. The highest BCUT2D eigenvalue weighted by Crippen LogP contribution is 2.25. The van der Waals surface area contributed by atoms with Crippen molar-refractivity contribution >= 4 is 44.4 Å². The molecule has 0 aromatic carbocycles. The van der Waals surface area contributed by atoms with Crippen LogP contribution in [-0.4, -0.2) is 26.1 Å².